The Balaban J connectivity index is 2.18. The van der Waals surface area contributed by atoms with Gasteiger partial charge in [0.15, 0.2) is 0 Å². The van der Waals surface area contributed by atoms with Gasteiger partial charge in [0.2, 0.25) is 0 Å². The molecule has 0 radical (unpaired) electrons. The lowest BCUT2D eigenvalue weighted by Gasteiger charge is -2.06. The highest BCUT2D eigenvalue weighted by Crippen LogP contribution is 2.20. The van der Waals surface area contributed by atoms with Crippen LogP contribution in [0.25, 0.3) is 6.08 Å². The van der Waals surface area contributed by atoms with Gasteiger partial charge in [-0.05, 0) is 41.3 Å². The SMILES string of the molecule is CC(C)c1ccc(/C=C(\C#N)C(=O)Nc2ccc(F)c(Cl)c2)cc1. The minimum atomic E-state index is -0.576. The van der Waals surface area contributed by atoms with Crippen molar-refractivity contribution in [1.29, 1.82) is 5.26 Å². The zero-order chi connectivity index (χ0) is 17.7. The second kappa shape index (κ2) is 7.76. The predicted octanol–water partition coefficient (Wildman–Crippen LogP) is 5.15. The van der Waals surface area contributed by atoms with Crippen molar-refractivity contribution >= 4 is 29.3 Å². The average molecular weight is 343 g/mol. The maximum absolute atomic E-state index is 13.1. The standard InChI is InChI=1S/C19H16ClFN2O/c1-12(2)14-5-3-13(4-6-14)9-15(11-22)19(24)23-16-7-8-18(21)17(20)10-16/h3-10,12H,1-2H3,(H,23,24)/b15-9+. The molecule has 2 aromatic carbocycles. The number of rotatable bonds is 4. The highest BCUT2D eigenvalue weighted by atomic mass is 35.5. The molecule has 0 saturated heterocycles. The molecule has 0 atom stereocenters. The summed E-state index contributed by atoms with van der Waals surface area (Å²) in [6.45, 7) is 4.18. The summed E-state index contributed by atoms with van der Waals surface area (Å²) in [5.74, 6) is -0.742. The highest BCUT2D eigenvalue weighted by molar-refractivity contribution is 6.31. The number of anilines is 1. The van der Waals surface area contributed by atoms with E-state index in [2.05, 4.69) is 19.2 Å². The number of nitriles is 1. The summed E-state index contributed by atoms with van der Waals surface area (Å²) >= 11 is 5.67. The van der Waals surface area contributed by atoms with Crippen LogP contribution in [0.5, 0.6) is 0 Å². The molecule has 0 aliphatic rings. The molecule has 0 aliphatic heterocycles. The van der Waals surface area contributed by atoms with E-state index in [-0.39, 0.29) is 10.6 Å². The molecule has 5 heteroatoms. The number of carbonyl (C=O) groups excluding carboxylic acids is 1. The summed E-state index contributed by atoms with van der Waals surface area (Å²) < 4.78 is 13.1. The van der Waals surface area contributed by atoms with E-state index in [4.69, 9.17) is 11.6 Å². The summed E-state index contributed by atoms with van der Waals surface area (Å²) in [7, 11) is 0. The minimum Gasteiger partial charge on any atom is -0.321 e. The zero-order valence-corrected chi connectivity index (χ0v) is 14.1. The third-order valence-electron chi connectivity index (χ3n) is 3.46. The lowest BCUT2D eigenvalue weighted by atomic mass is 10.0. The first-order valence-corrected chi connectivity index (χ1v) is 7.76. The molecule has 1 N–H and O–H groups in total. The molecule has 0 aliphatic carbocycles. The van der Waals surface area contributed by atoms with Gasteiger partial charge in [0.05, 0.1) is 5.02 Å². The van der Waals surface area contributed by atoms with E-state index >= 15 is 0 Å². The van der Waals surface area contributed by atoms with Crippen molar-refractivity contribution in [3.05, 3.63) is 70.0 Å². The van der Waals surface area contributed by atoms with Crippen molar-refractivity contribution < 1.29 is 9.18 Å². The fourth-order valence-corrected chi connectivity index (χ4v) is 2.25. The Kier molecular flexibility index (Phi) is 5.73. The summed E-state index contributed by atoms with van der Waals surface area (Å²) in [6, 6.07) is 13.3. The van der Waals surface area contributed by atoms with Crippen LogP contribution in [0.3, 0.4) is 0 Å². The molecule has 0 saturated carbocycles. The summed E-state index contributed by atoms with van der Waals surface area (Å²) in [5, 5.41) is 11.6. The van der Waals surface area contributed by atoms with Crippen LogP contribution in [0, 0.1) is 17.1 Å². The summed E-state index contributed by atoms with van der Waals surface area (Å²) in [6.07, 6.45) is 1.50. The first-order valence-electron chi connectivity index (χ1n) is 7.39. The van der Waals surface area contributed by atoms with Gasteiger partial charge in [-0.2, -0.15) is 5.26 Å². The molecule has 3 nitrogen and oxygen atoms in total. The lowest BCUT2D eigenvalue weighted by Crippen LogP contribution is -2.13. The van der Waals surface area contributed by atoms with Gasteiger partial charge in [-0.3, -0.25) is 4.79 Å². The molecule has 24 heavy (non-hydrogen) atoms. The fraction of sp³-hybridized carbons (Fsp3) is 0.158. The van der Waals surface area contributed by atoms with Gasteiger partial charge < -0.3 is 5.32 Å². The van der Waals surface area contributed by atoms with Gasteiger partial charge in [0.25, 0.3) is 5.91 Å². The Morgan fingerprint density at radius 2 is 1.92 bits per heavy atom. The Morgan fingerprint density at radius 3 is 2.46 bits per heavy atom. The smallest absolute Gasteiger partial charge is 0.266 e. The van der Waals surface area contributed by atoms with Crippen LogP contribution in [0.15, 0.2) is 48.0 Å². The average Bonchev–Trinajstić information content (AvgIpc) is 2.56. The normalized spacial score (nSPS) is 11.2. The Hall–Kier alpha value is -2.64. The summed E-state index contributed by atoms with van der Waals surface area (Å²) in [5.41, 5.74) is 2.20. The topological polar surface area (TPSA) is 52.9 Å². The van der Waals surface area contributed by atoms with E-state index in [9.17, 15) is 14.4 Å². The third-order valence-corrected chi connectivity index (χ3v) is 3.75. The van der Waals surface area contributed by atoms with Crippen LogP contribution in [0.1, 0.15) is 30.9 Å². The largest absolute Gasteiger partial charge is 0.321 e. The number of carbonyl (C=O) groups is 1. The number of nitrogens with zero attached hydrogens (tertiary/aromatic N) is 1. The van der Waals surface area contributed by atoms with Crippen LogP contribution in [-0.4, -0.2) is 5.91 Å². The van der Waals surface area contributed by atoms with Crippen molar-refractivity contribution in [2.24, 2.45) is 0 Å². The quantitative estimate of drug-likeness (QED) is 0.617. The molecule has 0 bridgehead atoms. The molecule has 122 valence electrons. The van der Waals surface area contributed by atoms with Gasteiger partial charge in [-0.1, -0.05) is 49.7 Å². The molecule has 2 rings (SSSR count). The van der Waals surface area contributed by atoms with Crippen molar-refractivity contribution in [3.8, 4) is 6.07 Å². The molecule has 0 unspecified atom stereocenters. The third kappa shape index (κ3) is 4.43. The van der Waals surface area contributed by atoms with Crippen LogP contribution in [0.2, 0.25) is 5.02 Å². The first-order chi connectivity index (χ1) is 11.4. The first kappa shape index (κ1) is 17.7. The van der Waals surface area contributed by atoms with Crippen molar-refractivity contribution in [3.63, 3.8) is 0 Å². The lowest BCUT2D eigenvalue weighted by molar-refractivity contribution is -0.112. The number of hydrogen-bond acceptors (Lipinski definition) is 2. The second-order valence-electron chi connectivity index (χ2n) is 5.57. The van der Waals surface area contributed by atoms with Crippen LogP contribution >= 0.6 is 11.6 Å². The van der Waals surface area contributed by atoms with E-state index in [1.54, 1.807) is 0 Å². The maximum Gasteiger partial charge on any atom is 0.266 e. The van der Waals surface area contributed by atoms with Gasteiger partial charge >= 0.3 is 0 Å². The number of hydrogen-bond donors (Lipinski definition) is 1. The van der Waals surface area contributed by atoms with Gasteiger partial charge in [-0.15, -0.1) is 0 Å². The molecule has 0 aromatic heterocycles. The minimum absolute atomic E-state index is 0.0484. The van der Waals surface area contributed by atoms with E-state index in [1.165, 1.54) is 23.8 Å². The molecule has 0 heterocycles. The van der Waals surface area contributed by atoms with Crippen LogP contribution in [-0.2, 0) is 4.79 Å². The predicted molar refractivity (Wildman–Crippen MR) is 94.2 cm³/mol. The molecule has 1 amide bonds. The Bertz CT molecular complexity index is 820. The number of benzene rings is 2. The summed E-state index contributed by atoms with van der Waals surface area (Å²) in [4.78, 5) is 12.2. The van der Waals surface area contributed by atoms with Crippen LogP contribution < -0.4 is 5.32 Å². The monoisotopic (exact) mass is 342 g/mol. The van der Waals surface area contributed by atoms with E-state index in [0.717, 1.165) is 11.6 Å². The van der Waals surface area contributed by atoms with Crippen molar-refractivity contribution in [2.45, 2.75) is 19.8 Å². The second-order valence-corrected chi connectivity index (χ2v) is 5.98. The van der Waals surface area contributed by atoms with Gasteiger partial charge in [0.1, 0.15) is 17.5 Å². The maximum atomic E-state index is 13.1. The molecular weight excluding hydrogens is 327 g/mol. The Morgan fingerprint density at radius 1 is 1.25 bits per heavy atom. The van der Waals surface area contributed by atoms with Gasteiger partial charge in [-0.25, -0.2) is 4.39 Å². The highest BCUT2D eigenvalue weighted by Gasteiger charge is 2.11. The fourth-order valence-electron chi connectivity index (χ4n) is 2.06. The van der Waals surface area contributed by atoms with E-state index < -0.39 is 11.7 Å². The molecular formula is C19H16ClFN2O. The molecule has 0 fully saturated rings. The number of halogens is 2. The Labute approximate surface area is 145 Å². The number of amides is 1. The zero-order valence-electron chi connectivity index (χ0n) is 13.3. The van der Waals surface area contributed by atoms with E-state index in [0.29, 0.717) is 11.6 Å². The van der Waals surface area contributed by atoms with Crippen LogP contribution in [0.4, 0.5) is 10.1 Å². The van der Waals surface area contributed by atoms with E-state index in [1.807, 2.05) is 30.3 Å². The van der Waals surface area contributed by atoms with Gasteiger partial charge in [0, 0.05) is 5.69 Å². The van der Waals surface area contributed by atoms with Crippen molar-refractivity contribution in [1.82, 2.24) is 0 Å². The number of nitrogens with one attached hydrogen (secondary N) is 1. The molecule has 0 spiro atoms. The molecule has 2 aromatic rings. The van der Waals surface area contributed by atoms with Crippen molar-refractivity contribution in [2.75, 3.05) is 5.32 Å².